The molecular formula is C24H25F3N2O3. The number of ether oxygens (including phenoxy) is 1. The van der Waals surface area contributed by atoms with Crippen LogP contribution in [0.1, 0.15) is 47.2 Å². The maximum absolute atomic E-state index is 13.4. The number of hydrogen-bond donors (Lipinski definition) is 1. The van der Waals surface area contributed by atoms with E-state index in [2.05, 4.69) is 5.32 Å². The van der Waals surface area contributed by atoms with Gasteiger partial charge in [-0.15, -0.1) is 0 Å². The molecule has 0 aliphatic carbocycles. The monoisotopic (exact) mass is 446 g/mol. The summed E-state index contributed by atoms with van der Waals surface area (Å²) in [6.07, 6.45) is -2.00. The topological polar surface area (TPSA) is 58.6 Å². The van der Waals surface area contributed by atoms with Gasteiger partial charge in [-0.3, -0.25) is 9.59 Å². The van der Waals surface area contributed by atoms with Crippen molar-refractivity contribution in [2.24, 2.45) is 0 Å². The van der Waals surface area contributed by atoms with Crippen LogP contribution in [0.25, 0.3) is 0 Å². The molecule has 2 aromatic rings. The summed E-state index contributed by atoms with van der Waals surface area (Å²) >= 11 is 0. The number of benzene rings is 2. The third-order valence-electron chi connectivity index (χ3n) is 6.28. The van der Waals surface area contributed by atoms with Crippen molar-refractivity contribution in [3.63, 3.8) is 0 Å². The minimum absolute atomic E-state index is 0.0859. The number of amides is 2. The van der Waals surface area contributed by atoms with E-state index >= 15 is 0 Å². The van der Waals surface area contributed by atoms with Gasteiger partial charge in [0.1, 0.15) is 0 Å². The normalized spacial score (nSPS) is 18.4. The van der Waals surface area contributed by atoms with Gasteiger partial charge in [0, 0.05) is 37.6 Å². The lowest BCUT2D eigenvalue weighted by atomic mass is 9.73. The predicted octanol–water partition coefficient (Wildman–Crippen LogP) is 4.63. The van der Waals surface area contributed by atoms with Crippen molar-refractivity contribution in [2.45, 2.75) is 37.3 Å². The summed E-state index contributed by atoms with van der Waals surface area (Å²) in [5.74, 6) is -0.483. The van der Waals surface area contributed by atoms with Crippen molar-refractivity contribution in [3.8, 4) is 0 Å². The van der Waals surface area contributed by atoms with Crippen LogP contribution in [0.15, 0.2) is 48.5 Å². The number of nitrogens with zero attached hydrogens (tertiary/aromatic N) is 1. The van der Waals surface area contributed by atoms with Crippen LogP contribution >= 0.6 is 0 Å². The van der Waals surface area contributed by atoms with Crippen LogP contribution < -0.4 is 5.32 Å². The summed E-state index contributed by atoms with van der Waals surface area (Å²) < 4.78 is 45.3. The number of carbonyl (C=O) groups excluding carboxylic acids is 2. The number of hydrogen-bond acceptors (Lipinski definition) is 3. The summed E-state index contributed by atoms with van der Waals surface area (Å²) in [4.78, 5) is 27.9. The van der Waals surface area contributed by atoms with Gasteiger partial charge < -0.3 is 15.0 Å². The summed E-state index contributed by atoms with van der Waals surface area (Å²) in [6.45, 7) is 1.98. The number of halogens is 3. The molecule has 0 unspecified atom stereocenters. The second kappa shape index (κ2) is 8.94. The number of rotatable bonds is 4. The molecule has 0 bridgehead atoms. The molecule has 2 amide bonds. The van der Waals surface area contributed by atoms with Gasteiger partial charge in [-0.25, -0.2) is 0 Å². The molecule has 8 heteroatoms. The van der Waals surface area contributed by atoms with Crippen molar-refractivity contribution in [3.05, 3.63) is 65.2 Å². The molecule has 1 N–H and O–H groups in total. The first-order valence-electron chi connectivity index (χ1n) is 10.8. The van der Waals surface area contributed by atoms with Crippen LogP contribution in [0.5, 0.6) is 0 Å². The van der Waals surface area contributed by atoms with E-state index in [0.717, 1.165) is 25.0 Å². The largest absolute Gasteiger partial charge is 0.416 e. The van der Waals surface area contributed by atoms with Crippen LogP contribution in [0.3, 0.4) is 0 Å². The van der Waals surface area contributed by atoms with Crippen molar-refractivity contribution < 1.29 is 27.5 Å². The highest BCUT2D eigenvalue weighted by Gasteiger charge is 2.43. The van der Waals surface area contributed by atoms with E-state index < -0.39 is 23.1 Å². The SMILES string of the molecule is O=C(c1cccc(NC(=O)C2(c3cccc(C(F)(F)F)c3)CCOCC2)c1)N1CCCC1. The number of anilines is 1. The molecule has 2 fully saturated rings. The highest BCUT2D eigenvalue weighted by molar-refractivity contribution is 6.01. The third kappa shape index (κ3) is 4.50. The van der Waals surface area contributed by atoms with Gasteiger partial charge in [0.05, 0.1) is 11.0 Å². The Morgan fingerprint density at radius 3 is 2.34 bits per heavy atom. The lowest BCUT2D eigenvalue weighted by Crippen LogP contribution is -2.45. The molecule has 170 valence electrons. The molecule has 2 aliphatic heterocycles. The van der Waals surface area contributed by atoms with Crippen molar-refractivity contribution in [1.82, 2.24) is 4.90 Å². The highest BCUT2D eigenvalue weighted by Crippen LogP contribution is 2.39. The molecule has 2 heterocycles. The van der Waals surface area contributed by atoms with Crippen LogP contribution in [-0.4, -0.2) is 43.0 Å². The molecular weight excluding hydrogens is 421 g/mol. The Balaban J connectivity index is 1.61. The summed E-state index contributed by atoms with van der Waals surface area (Å²) in [6, 6.07) is 11.6. The standard InChI is InChI=1S/C24H25F3N2O3/c25-24(26,27)19-7-4-6-18(16-19)23(9-13-32-14-10-23)22(31)28-20-8-3-5-17(15-20)21(30)29-11-1-2-12-29/h3-8,15-16H,1-2,9-14H2,(H,28,31). The quantitative estimate of drug-likeness (QED) is 0.745. The number of nitrogens with one attached hydrogen (secondary N) is 1. The molecule has 2 saturated heterocycles. The van der Waals surface area contributed by atoms with E-state index in [9.17, 15) is 22.8 Å². The van der Waals surface area contributed by atoms with Gasteiger partial charge >= 0.3 is 6.18 Å². The number of likely N-dealkylation sites (tertiary alicyclic amines) is 1. The minimum atomic E-state index is -4.50. The maximum atomic E-state index is 13.4. The van der Waals surface area contributed by atoms with E-state index in [1.54, 1.807) is 35.2 Å². The molecule has 4 rings (SSSR count). The predicted molar refractivity (Wildman–Crippen MR) is 113 cm³/mol. The molecule has 0 spiro atoms. The fraction of sp³-hybridized carbons (Fsp3) is 0.417. The molecule has 2 aromatic carbocycles. The summed E-state index contributed by atoms with van der Waals surface area (Å²) in [7, 11) is 0. The fourth-order valence-electron chi connectivity index (χ4n) is 4.44. The van der Waals surface area contributed by atoms with Gasteiger partial charge in [-0.1, -0.05) is 24.3 Å². The fourth-order valence-corrected chi connectivity index (χ4v) is 4.44. The molecule has 0 aromatic heterocycles. The van der Waals surface area contributed by atoms with Crippen molar-refractivity contribution in [1.29, 1.82) is 0 Å². The summed E-state index contributed by atoms with van der Waals surface area (Å²) in [5.41, 5.74) is -0.693. The molecule has 5 nitrogen and oxygen atoms in total. The first-order valence-corrected chi connectivity index (χ1v) is 10.8. The zero-order chi connectivity index (χ0) is 22.8. The Kier molecular flexibility index (Phi) is 6.24. The molecule has 32 heavy (non-hydrogen) atoms. The Hall–Kier alpha value is -2.87. The Morgan fingerprint density at radius 1 is 0.969 bits per heavy atom. The van der Waals surface area contributed by atoms with Gasteiger partial charge in [0.25, 0.3) is 5.91 Å². The number of carbonyl (C=O) groups is 2. The first-order chi connectivity index (χ1) is 15.3. The number of alkyl halides is 3. The smallest absolute Gasteiger partial charge is 0.381 e. The van der Waals surface area contributed by atoms with Crippen molar-refractivity contribution in [2.75, 3.05) is 31.6 Å². The first kappa shape index (κ1) is 22.3. The van der Waals surface area contributed by atoms with Gasteiger partial charge in [-0.05, 0) is 55.5 Å². The van der Waals surface area contributed by atoms with Crippen LogP contribution in [0.4, 0.5) is 18.9 Å². The third-order valence-corrected chi connectivity index (χ3v) is 6.28. The maximum Gasteiger partial charge on any atom is 0.416 e. The molecule has 0 radical (unpaired) electrons. The van der Waals surface area contributed by atoms with Gasteiger partial charge in [0.15, 0.2) is 0 Å². The van der Waals surface area contributed by atoms with Crippen LogP contribution in [0.2, 0.25) is 0 Å². The van der Waals surface area contributed by atoms with Crippen LogP contribution in [-0.2, 0) is 21.1 Å². The lowest BCUT2D eigenvalue weighted by Gasteiger charge is -2.36. The Labute approximate surface area is 184 Å². The summed E-state index contributed by atoms with van der Waals surface area (Å²) in [5, 5.41) is 2.85. The Morgan fingerprint density at radius 2 is 1.66 bits per heavy atom. The Bertz CT molecular complexity index is 994. The zero-order valence-corrected chi connectivity index (χ0v) is 17.6. The van der Waals surface area contributed by atoms with E-state index in [-0.39, 0.29) is 32.0 Å². The van der Waals surface area contributed by atoms with Crippen molar-refractivity contribution >= 4 is 17.5 Å². The molecule has 0 saturated carbocycles. The lowest BCUT2D eigenvalue weighted by molar-refractivity contribution is -0.138. The van der Waals surface area contributed by atoms with E-state index in [0.29, 0.717) is 29.9 Å². The zero-order valence-electron chi connectivity index (χ0n) is 17.6. The average molecular weight is 446 g/mol. The minimum Gasteiger partial charge on any atom is -0.381 e. The second-order valence-corrected chi connectivity index (χ2v) is 8.31. The second-order valence-electron chi connectivity index (χ2n) is 8.31. The van der Waals surface area contributed by atoms with Crippen LogP contribution in [0, 0.1) is 0 Å². The average Bonchev–Trinajstić information content (AvgIpc) is 3.34. The van der Waals surface area contributed by atoms with E-state index in [4.69, 9.17) is 4.74 Å². The highest BCUT2D eigenvalue weighted by atomic mass is 19.4. The van der Waals surface area contributed by atoms with Gasteiger partial charge in [0.2, 0.25) is 5.91 Å². The van der Waals surface area contributed by atoms with E-state index in [1.807, 2.05) is 0 Å². The molecule has 2 aliphatic rings. The van der Waals surface area contributed by atoms with Gasteiger partial charge in [-0.2, -0.15) is 13.2 Å². The van der Waals surface area contributed by atoms with E-state index in [1.165, 1.54) is 6.07 Å². The molecule has 0 atom stereocenters.